The van der Waals surface area contributed by atoms with Crippen LogP contribution >= 0.6 is 0 Å². The zero-order valence-electron chi connectivity index (χ0n) is 1.84. The van der Waals surface area contributed by atoms with Crippen LogP contribution in [0.5, 0.6) is 0 Å². The number of hydrogen-bond acceptors (Lipinski definition) is 0. The minimum absolute atomic E-state index is 0. The summed E-state index contributed by atoms with van der Waals surface area (Å²) in [5.74, 6) is 0. The van der Waals surface area contributed by atoms with Gasteiger partial charge in [-0.2, -0.15) is 0 Å². The molecule has 0 rings (SSSR count). The second-order valence-electron chi connectivity index (χ2n) is 0. The molecule has 0 bridgehead atoms. The molecule has 0 aromatic rings. The Bertz CT molecular complexity index is 15.5. The standard InChI is InChI=1S/Ba.Co.Fe.La.Pr.Sr.4H. The van der Waals surface area contributed by atoms with Gasteiger partial charge in [-0.3, -0.25) is 0 Å². The average Bonchev–Trinajstić information content (AvgIpc) is 0. The summed E-state index contributed by atoms with van der Waals surface area (Å²) in [5.41, 5.74) is 0. The molecule has 0 aliphatic rings. The van der Waals surface area contributed by atoms with Gasteiger partial charge in [0.05, 0.1) is 0 Å². The Kier molecular flexibility index (Phi) is 194. The van der Waals surface area contributed by atoms with Crippen LogP contribution in [0.15, 0.2) is 0 Å². The fraction of sp³-hybridized carbons (Fsp3) is 0. The van der Waals surface area contributed by atoms with Crippen molar-refractivity contribution in [3.8, 4) is 0 Å². The normalized spacial score (nSPS) is 0. The Labute approximate surface area is 198 Å². The molecule has 0 aromatic heterocycles. The molecule has 0 heterocycles. The van der Waals surface area contributed by atoms with E-state index in [1.807, 2.05) is 0 Å². The van der Waals surface area contributed by atoms with Crippen LogP contribution in [0.2, 0.25) is 0 Å². The number of hydrogen-bond donors (Lipinski definition) is 0. The SMILES string of the molecule is [BaH2].[Co].[Fe].[La].[Pr].[SrH2]. The Hall–Kier alpha value is 6.64. The van der Waals surface area contributed by atoms with Crippen molar-refractivity contribution in [1.82, 2.24) is 0 Å². The molecule has 0 aliphatic carbocycles. The van der Waals surface area contributed by atoms with Gasteiger partial charge in [-0.05, 0) is 0 Å². The molecule has 0 unspecified atom stereocenters. The average molecular weight is 624 g/mol. The summed E-state index contributed by atoms with van der Waals surface area (Å²) in [6.45, 7) is 0. The van der Waals surface area contributed by atoms with E-state index in [2.05, 4.69) is 0 Å². The van der Waals surface area contributed by atoms with Crippen molar-refractivity contribution >= 4 is 94.4 Å². The Morgan fingerprint density at radius 3 is 1.00 bits per heavy atom. The molecule has 0 saturated heterocycles. The second kappa shape index (κ2) is 29.9. The van der Waals surface area contributed by atoms with Crippen molar-refractivity contribution in [1.29, 1.82) is 0 Å². The van der Waals surface area contributed by atoms with Crippen molar-refractivity contribution in [2.45, 2.75) is 0 Å². The summed E-state index contributed by atoms with van der Waals surface area (Å²) < 4.78 is 0. The second-order valence-corrected chi connectivity index (χ2v) is 0. The minimum atomic E-state index is 0. The van der Waals surface area contributed by atoms with E-state index in [1.165, 1.54) is 0 Å². The van der Waals surface area contributed by atoms with Crippen molar-refractivity contribution < 1.29 is 111 Å². The fourth-order valence-electron chi connectivity index (χ4n) is 0. The molecule has 0 N–H and O–H groups in total. The molecular weight excluding hydrogens is 620 g/mol. The zero-order valence-corrected chi connectivity index (χ0v) is 11.3. The molecule has 0 aromatic carbocycles. The molecule has 31 valence electrons. The molecule has 0 nitrogen and oxygen atoms in total. The molecule has 0 fully saturated rings. The van der Waals surface area contributed by atoms with Crippen LogP contribution in [0.4, 0.5) is 0 Å². The first-order valence-electron chi connectivity index (χ1n) is 0. The van der Waals surface area contributed by atoms with Gasteiger partial charge in [0.2, 0.25) is 0 Å². The van der Waals surface area contributed by atoms with Crippen LogP contribution in [0.1, 0.15) is 0 Å². The molecular formula is H4BaCoFeLaPrSr. The first kappa shape index (κ1) is 38.9. The van der Waals surface area contributed by atoms with Gasteiger partial charge in [0.25, 0.3) is 0 Å². The molecule has 6 heteroatoms. The van der Waals surface area contributed by atoms with Gasteiger partial charge in [0.15, 0.2) is 0 Å². The van der Waals surface area contributed by atoms with Crippen LogP contribution in [0, 0.1) is 76.9 Å². The van der Waals surface area contributed by atoms with E-state index in [0.29, 0.717) is 0 Å². The third kappa shape index (κ3) is 22.4. The van der Waals surface area contributed by atoms with Crippen molar-refractivity contribution in [3.63, 3.8) is 0 Å². The molecule has 0 atom stereocenters. The van der Waals surface area contributed by atoms with E-state index in [0.717, 1.165) is 0 Å². The van der Waals surface area contributed by atoms with Crippen molar-refractivity contribution in [2.24, 2.45) is 0 Å². The monoisotopic (exact) mass is 625 g/mol. The first-order chi connectivity index (χ1) is 0. The Morgan fingerprint density at radius 1 is 1.00 bits per heavy atom. The number of rotatable bonds is 0. The van der Waals surface area contributed by atoms with E-state index >= 15 is 0 Å². The van der Waals surface area contributed by atoms with Gasteiger partial charge in [-0.15, -0.1) is 0 Å². The van der Waals surface area contributed by atoms with Gasteiger partial charge >= 0.3 is 94.4 Å². The molecule has 0 amide bonds. The molecule has 6 heavy (non-hydrogen) atoms. The van der Waals surface area contributed by atoms with Crippen LogP contribution in [0.3, 0.4) is 0 Å². The van der Waals surface area contributed by atoms with E-state index < -0.39 is 0 Å². The van der Waals surface area contributed by atoms with Crippen LogP contribution in [-0.2, 0) is 33.8 Å². The van der Waals surface area contributed by atoms with Gasteiger partial charge < -0.3 is 0 Å². The predicted molar refractivity (Wildman–Crippen MR) is 17.1 cm³/mol. The Morgan fingerprint density at radius 2 is 1.00 bits per heavy atom. The summed E-state index contributed by atoms with van der Waals surface area (Å²) >= 11 is 0. The summed E-state index contributed by atoms with van der Waals surface area (Å²) in [6.07, 6.45) is 0. The van der Waals surface area contributed by atoms with Crippen molar-refractivity contribution in [2.75, 3.05) is 0 Å². The van der Waals surface area contributed by atoms with Crippen molar-refractivity contribution in [3.05, 3.63) is 0 Å². The van der Waals surface area contributed by atoms with Crippen LogP contribution in [-0.4, -0.2) is 94.4 Å². The van der Waals surface area contributed by atoms with Crippen LogP contribution < -0.4 is 0 Å². The zero-order chi connectivity index (χ0) is 0. The first-order valence-corrected chi connectivity index (χ1v) is 0. The van der Waals surface area contributed by atoms with Crippen LogP contribution in [0.25, 0.3) is 0 Å². The Balaban J connectivity index is 0. The quantitative estimate of drug-likeness (QED) is 0.279. The van der Waals surface area contributed by atoms with E-state index in [4.69, 9.17) is 0 Å². The molecule has 3 radical (unpaired) electrons. The molecule has 0 saturated carbocycles. The van der Waals surface area contributed by atoms with E-state index in [9.17, 15) is 0 Å². The fourth-order valence-corrected chi connectivity index (χ4v) is 0. The predicted octanol–water partition coefficient (Wildman–Crippen LogP) is -1.84. The maximum atomic E-state index is 0. The van der Waals surface area contributed by atoms with Gasteiger partial charge in [0.1, 0.15) is 0 Å². The summed E-state index contributed by atoms with van der Waals surface area (Å²) in [5, 5.41) is 0. The molecule has 0 spiro atoms. The van der Waals surface area contributed by atoms with Gasteiger partial charge in [0, 0.05) is 111 Å². The molecule has 0 aliphatic heterocycles. The van der Waals surface area contributed by atoms with E-state index in [-0.39, 0.29) is 205 Å². The topological polar surface area (TPSA) is 0 Å². The third-order valence-corrected chi connectivity index (χ3v) is 0. The third-order valence-electron chi connectivity index (χ3n) is 0. The maximum absolute atomic E-state index is 0. The van der Waals surface area contributed by atoms with Gasteiger partial charge in [-0.25, -0.2) is 0 Å². The summed E-state index contributed by atoms with van der Waals surface area (Å²) in [4.78, 5) is 0. The van der Waals surface area contributed by atoms with E-state index in [1.54, 1.807) is 0 Å². The summed E-state index contributed by atoms with van der Waals surface area (Å²) in [7, 11) is 0. The van der Waals surface area contributed by atoms with Gasteiger partial charge in [-0.1, -0.05) is 0 Å². The summed E-state index contributed by atoms with van der Waals surface area (Å²) in [6, 6.07) is 0.